The van der Waals surface area contributed by atoms with Gasteiger partial charge in [0, 0.05) is 18.5 Å². The summed E-state index contributed by atoms with van der Waals surface area (Å²) < 4.78 is 26.5. The highest BCUT2D eigenvalue weighted by Crippen LogP contribution is 2.22. The predicted octanol–water partition coefficient (Wildman–Crippen LogP) is 2.57. The molecule has 0 saturated carbocycles. The van der Waals surface area contributed by atoms with E-state index in [0.717, 1.165) is 5.56 Å². The summed E-state index contributed by atoms with van der Waals surface area (Å²) in [7, 11) is -3.46. The Kier molecular flexibility index (Phi) is 5.83. The topological polar surface area (TPSA) is 75.3 Å². The third-order valence-electron chi connectivity index (χ3n) is 2.59. The SMILES string of the molecule is CC(=O)Nc1ccc(C)c(NS(=O)(=O)CC(C)CCl)c1. The quantitative estimate of drug-likeness (QED) is 0.792. The molecule has 112 valence electrons. The number of sulfonamides is 1. The van der Waals surface area contributed by atoms with Gasteiger partial charge in [-0.2, -0.15) is 0 Å². The molecule has 1 aromatic carbocycles. The average molecular weight is 319 g/mol. The van der Waals surface area contributed by atoms with Crippen LogP contribution in [0.2, 0.25) is 0 Å². The van der Waals surface area contributed by atoms with Crippen LogP contribution in [0.5, 0.6) is 0 Å². The third-order valence-corrected chi connectivity index (χ3v) is 4.66. The van der Waals surface area contributed by atoms with Gasteiger partial charge in [-0.3, -0.25) is 9.52 Å². The summed E-state index contributed by atoms with van der Waals surface area (Å²) in [4.78, 5) is 11.0. The smallest absolute Gasteiger partial charge is 0.233 e. The monoisotopic (exact) mass is 318 g/mol. The van der Waals surface area contributed by atoms with Crippen LogP contribution in [0.4, 0.5) is 11.4 Å². The van der Waals surface area contributed by atoms with Crippen molar-refractivity contribution in [2.75, 3.05) is 21.7 Å². The van der Waals surface area contributed by atoms with E-state index in [1.807, 2.05) is 0 Å². The lowest BCUT2D eigenvalue weighted by molar-refractivity contribution is -0.114. The minimum atomic E-state index is -3.46. The standard InChI is InChI=1S/C13H19ClN2O3S/c1-9(7-14)8-20(18,19)16-13-6-12(15-11(3)17)5-4-10(13)2/h4-6,9,16H,7-8H2,1-3H3,(H,15,17). The number of nitrogens with one attached hydrogen (secondary N) is 2. The maximum Gasteiger partial charge on any atom is 0.233 e. The second-order valence-electron chi connectivity index (χ2n) is 4.85. The number of hydrogen-bond donors (Lipinski definition) is 2. The molecule has 1 rings (SSSR count). The number of anilines is 2. The Morgan fingerprint density at radius 2 is 2.05 bits per heavy atom. The Bertz CT molecular complexity index is 587. The molecule has 7 heteroatoms. The minimum absolute atomic E-state index is 0.0414. The molecule has 0 heterocycles. The number of hydrogen-bond acceptors (Lipinski definition) is 3. The van der Waals surface area contributed by atoms with Crippen LogP contribution in [0.1, 0.15) is 19.4 Å². The van der Waals surface area contributed by atoms with E-state index in [1.165, 1.54) is 6.92 Å². The van der Waals surface area contributed by atoms with E-state index in [-0.39, 0.29) is 23.5 Å². The predicted molar refractivity (Wildman–Crippen MR) is 82.8 cm³/mol. The molecule has 0 fully saturated rings. The van der Waals surface area contributed by atoms with Gasteiger partial charge in [0.2, 0.25) is 15.9 Å². The second-order valence-corrected chi connectivity index (χ2v) is 6.93. The Hall–Kier alpha value is -1.27. The first-order chi connectivity index (χ1) is 9.23. The van der Waals surface area contributed by atoms with E-state index in [9.17, 15) is 13.2 Å². The van der Waals surface area contributed by atoms with Crippen LogP contribution in [-0.2, 0) is 14.8 Å². The summed E-state index contributed by atoms with van der Waals surface area (Å²) in [5.74, 6) is -0.0991. The number of carbonyl (C=O) groups excluding carboxylic acids is 1. The number of amides is 1. The maximum atomic E-state index is 12.0. The van der Waals surface area contributed by atoms with Crippen LogP contribution < -0.4 is 10.0 Å². The van der Waals surface area contributed by atoms with Crippen molar-refractivity contribution >= 4 is 38.9 Å². The van der Waals surface area contributed by atoms with E-state index < -0.39 is 10.0 Å². The molecule has 1 unspecified atom stereocenters. The third kappa shape index (κ3) is 5.38. The summed E-state index contributed by atoms with van der Waals surface area (Å²) in [6.07, 6.45) is 0. The fourth-order valence-electron chi connectivity index (χ4n) is 1.64. The summed E-state index contributed by atoms with van der Waals surface area (Å²) in [6, 6.07) is 5.06. The van der Waals surface area contributed by atoms with Gasteiger partial charge in [-0.1, -0.05) is 13.0 Å². The number of carbonyl (C=O) groups is 1. The van der Waals surface area contributed by atoms with Gasteiger partial charge >= 0.3 is 0 Å². The Balaban J connectivity index is 2.93. The van der Waals surface area contributed by atoms with Crippen molar-refractivity contribution in [1.82, 2.24) is 0 Å². The molecule has 5 nitrogen and oxygen atoms in total. The van der Waals surface area contributed by atoms with Crippen molar-refractivity contribution in [1.29, 1.82) is 0 Å². The number of benzene rings is 1. The van der Waals surface area contributed by atoms with E-state index in [2.05, 4.69) is 10.0 Å². The van der Waals surface area contributed by atoms with Gasteiger partial charge in [0.25, 0.3) is 0 Å². The maximum absolute atomic E-state index is 12.0. The molecule has 1 aromatic rings. The number of rotatable bonds is 6. The zero-order valence-electron chi connectivity index (χ0n) is 11.7. The summed E-state index contributed by atoms with van der Waals surface area (Å²) >= 11 is 5.64. The van der Waals surface area contributed by atoms with Crippen molar-refractivity contribution in [3.63, 3.8) is 0 Å². The van der Waals surface area contributed by atoms with Gasteiger partial charge in [0.15, 0.2) is 0 Å². The first kappa shape index (κ1) is 16.8. The van der Waals surface area contributed by atoms with Crippen LogP contribution in [0, 0.1) is 12.8 Å². The van der Waals surface area contributed by atoms with Crippen LogP contribution in [0.25, 0.3) is 0 Å². The lowest BCUT2D eigenvalue weighted by Gasteiger charge is -2.14. The van der Waals surface area contributed by atoms with Crippen molar-refractivity contribution in [2.24, 2.45) is 5.92 Å². The molecular formula is C13H19ClN2O3S. The van der Waals surface area contributed by atoms with Crippen molar-refractivity contribution in [2.45, 2.75) is 20.8 Å². The van der Waals surface area contributed by atoms with E-state index in [1.54, 1.807) is 32.0 Å². The van der Waals surface area contributed by atoms with E-state index >= 15 is 0 Å². The Morgan fingerprint density at radius 3 is 2.60 bits per heavy atom. The van der Waals surface area contributed by atoms with Crippen molar-refractivity contribution < 1.29 is 13.2 Å². The van der Waals surface area contributed by atoms with Crippen LogP contribution in [0.3, 0.4) is 0 Å². The Labute approximate surface area is 124 Å². The van der Waals surface area contributed by atoms with Crippen LogP contribution in [0.15, 0.2) is 18.2 Å². The molecule has 1 atom stereocenters. The highest BCUT2D eigenvalue weighted by Gasteiger charge is 2.16. The highest BCUT2D eigenvalue weighted by atomic mass is 35.5. The van der Waals surface area contributed by atoms with Crippen molar-refractivity contribution in [3.8, 4) is 0 Å². The van der Waals surface area contributed by atoms with Gasteiger partial charge in [0.1, 0.15) is 0 Å². The zero-order valence-corrected chi connectivity index (χ0v) is 13.3. The molecule has 20 heavy (non-hydrogen) atoms. The lowest BCUT2D eigenvalue weighted by atomic mass is 10.2. The van der Waals surface area contributed by atoms with Gasteiger partial charge in [0.05, 0.1) is 11.4 Å². The molecule has 0 aliphatic heterocycles. The molecule has 2 N–H and O–H groups in total. The number of aryl methyl sites for hydroxylation is 1. The lowest BCUT2D eigenvalue weighted by Crippen LogP contribution is -2.22. The second kappa shape index (κ2) is 6.95. The first-order valence-corrected chi connectivity index (χ1v) is 8.37. The molecule has 0 spiro atoms. The van der Waals surface area contributed by atoms with Gasteiger partial charge in [-0.25, -0.2) is 8.42 Å². The molecule has 0 aliphatic carbocycles. The van der Waals surface area contributed by atoms with Crippen LogP contribution in [-0.4, -0.2) is 26.0 Å². The largest absolute Gasteiger partial charge is 0.326 e. The minimum Gasteiger partial charge on any atom is -0.326 e. The normalized spacial score (nSPS) is 12.8. The van der Waals surface area contributed by atoms with Gasteiger partial charge < -0.3 is 5.32 Å². The number of alkyl halides is 1. The molecule has 0 radical (unpaired) electrons. The molecular weight excluding hydrogens is 300 g/mol. The number of halogens is 1. The van der Waals surface area contributed by atoms with Crippen LogP contribution >= 0.6 is 11.6 Å². The first-order valence-electron chi connectivity index (χ1n) is 6.18. The average Bonchev–Trinajstić information content (AvgIpc) is 2.31. The van der Waals surface area contributed by atoms with E-state index in [4.69, 9.17) is 11.6 Å². The fraction of sp³-hybridized carbons (Fsp3) is 0.462. The molecule has 0 saturated heterocycles. The highest BCUT2D eigenvalue weighted by molar-refractivity contribution is 7.92. The molecule has 0 aromatic heterocycles. The van der Waals surface area contributed by atoms with E-state index in [0.29, 0.717) is 11.4 Å². The Morgan fingerprint density at radius 1 is 1.40 bits per heavy atom. The van der Waals surface area contributed by atoms with Crippen molar-refractivity contribution in [3.05, 3.63) is 23.8 Å². The van der Waals surface area contributed by atoms with Gasteiger partial charge in [-0.15, -0.1) is 11.6 Å². The van der Waals surface area contributed by atoms with Gasteiger partial charge in [-0.05, 0) is 30.5 Å². The summed E-state index contributed by atoms with van der Waals surface area (Å²) in [6.45, 7) is 4.96. The molecule has 1 amide bonds. The molecule has 0 aliphatic rings. The summed E-state index contributed by atoms with van der Waals surface area (Å²) in [5, 5.41) is 2.62. The zero-order chi connectivity index (χ0) is 15.3. The fourth-order valence-corrected chi connectivity index (χ4v) is 3.39. The summed E-state index contributed by atoms with van der Waals surface area (Å²) in [5.41, 5.74) is 1.78. The molecule has 0 bridgehead atoms.